The molecular weight excluding hydrogens is 1390 g/mol. The van der Waals surface area contributed by atoms with Crippen molar-refractivity contribution in [3.8, 4) is 22.4 Å². The molecule has 93 heavy (non-hydrogen) atoms. The SMILES string of the molecule is CC(C)(O)c1nc(CO[Si](C)(C)C(C)(C)C)c(S(N)(=O)=O)s1.CC(C)c1nc(-c2cccc(C(F)(F)F)c2)c(F)c(C(C)C)c1CC(=O)OCC(Cl)(Cl)Cl.CCc1nc(C(C)(C)O)sc1S(=O)(=O)CC(=O)Nc1c(C(C)C)cc(-c2cccc(C(F)(F)F)c2)c(F)c1C. The molecule has 15 nitrogen and oxygen atoms in total. The number of ether oxygens (including phenoxy) is 1. The summed E-state index contributed by atoms with van der Waals surface area (Å²) in [5.41, 5.74) is -2.82. The van der Waals surface area contributed by atoms with Gasteiger partial charge in [-0.05, 0) is 130 Å². The molecule has 0 spiro atoms. The normalized spacial score (nSPS) is 13.1. The Hall–Kier alpha value is -4.72. The van der Waals surface area contributed by atoms with E-state index in [9.17, 15) is 63.0 Å². The van der Waals surface area contributed by atoms with Gasteiger partial charge in [0.2, 0.25) is 19.7 Å². The molecule has 0 saturated heterocycles. The highest BCUT2D eigenvalue weighted by Crippen LogP contribution is 2.43. The highest BCUT2D eigenvalue weighted by Gasteiger charge is 2.39. The summed E-state index contributed by atoms with van der Waals surface area (Å²) in [7, 11) is -10.1. The van der Waals surface area contributed by atoms with Gasteiger partial charge in [-0.25, -0.2) is 45.7 Å². The van der Waals surface area contributed by atoms with Crippen molar-refractivity contribution in [2.75, 3.05) is 17.7 Å². The molecule has 6 aromatic rings. The fraction of sp³-hybridized carbons (Fsp3) is 0.500. The topological polar surface area (TPSA) is 238 Å². The van der Waals surface area contributed by atoms with E-state index in [4.69, 9.17) is 49.1 Å². The molecule has 0 fully saturated rings. The van der Waals surface area contributed by atoms with E-state index in [1.54, 1.807) is 62.3 Å². The number of nitrogens with two attached hydrogens (primary N) is 1. The lowest BCUT2D eigenvalue weighted by atomic mass is 9.88. The van der Waals surface area contributed by atoms with Gasteiger partial charge < -0.3 is 24.7 Å². The maximum absolute atomic E-state index is 15.6. The first kappa shape index (κ1) is 80.7. The molecule has 0 aliphatic rings. The predicted octanol–water partition coefficient (Wildman–Crippen LogP) is 16.8. The van der Waals surface area contributed by atoms with Gasteiger partial charge in [0.25, 0.3) is 0 Å². The Kier molecular flexibility index (Phi) is 26.3. The molecule has 3 aromatic carbocycles. The van der Waals surface area contributed by atoms with E-state index in [0.29, 0.717) is 21.8 Å². The number of hydrogen-bond donors (Lipinski definition) is 4. The molecule has 6 rings (SSSR count). The van der Waals surface area contributed by atoms with Crippen LogP contribution in [0.2, 0.25) is 18.1 Å². The minimum Gasteiger partial charge on any atom is -0.461 e. The number of hydrogen-bond acceptors (Lipinski definition) is 15. The lowest BCUT2D eigenvalue weighted by molar-refractivity contribution is -0.142. The largest absolute Gasteiger partial charge is 0.461 e. The van der Waals surface area contributed by atoms with Crippen LogP contribution < -0.4 is 10.5 Å². The number of aryl methyl sites for hydroxylation is 1. The third-order valence-electron chi connectivity index (χ3n) is 14.5. The molecule has 0 aliphatic carbocycles. The Labute approximate surface area is 562 Å². The average molecular weight is 1470 g/mol. The molecule has 516 valence electrons. The first-order valence-electron chi connectivity index (χ1n) is 28.8. The lowest BCUT2D eigenvalue weighted by Gasteiger charge is -2.35. The molecule has 0 saturated carbocycles. The number of carbonyl (C=O) groups excluding carboxylic acids is 2. The number of esters is 1. The van der Waals surface area contributed by atoms with Crippen molar-refractivity contribution in [2.45, 2.75) is 195 Å². The van der Waals surface area contributed by atoms with Crippen LogP contribution in [0.1, 0.15) is 175 Å². The number of benzene rings is 3. The van der Waals surface area contributed by atoms with Gasteiger partial charge in [0.15, 0.2) is 28.2 Å². The Morgan fingerprint density at radius 1 is 0.720 bits per heavy atom. The molecular formula is C62H78Cl3F8N5O10S4Si. The summed E-state index contributed by atoms with van der Waals surface area (Å²) in [6, 6.07) is 10.0. The standard InChI is InChI=1S/C27H30F4N2O4S2.C22H22Cl3F4NO2.C13H26N2O4S2Si/c1-7-20-24(38-25(32-20)26(5,6)35)39(36,37)13-21(34)33-23-15(4)22(28)19(12-18(23)14(2)3)16-9-8-10-17(11-16)27(29,30)31;1-11(2)17-15(9-16(31)32-10-21(23,24)25)19(12(3)4)30-20(18(17)26)13-6-5-7-14(8-13)22(27,28)29;1-12(2,3)22(6,7)19-8-9-10(21(14,17)18)20-11(15-9)13(4,5)16/h8-12,14,35H,7,13H2,1-6H3,(H,33,34);5-8,11-12H,9-10H2,1-4H3;16H,8H2,1-7H3,(H2,14,17,18). The fourth-order valence-corrected chi connectivity index (χ4v) is 14.6. The van der Waals surface area contributed by atoms with Crippen LogP contribution in [0.15, 0.2) is 63.0 Å². The van der Waals surface area contributed by atoms with Crippen LogP contribution in [0.3, 0.4) is 0 Å². The quantitative estimate of drug-likeness (QED) is 0.0256. The lowest BCUT2D eigenvalue weighted by Crippen LogP contribution is -2.40. The van der Waals surface area contributed by atoms with E-state index in [1.807, 2.05) is 0 Å². The number of nitrogens with zero attached hydrogens (tertiary/aromatic N) is 3. The zero-order valence-electron chi connectivity index (χ0n) is 54.3. The van der Waals surface area contributed by atoms with Crippen molar-refractivity contribution in [2.24, 2.45) is 5.14 Å². The molecule has 3 heterocycles. The van der Waals surface area contributed by atoms with Crippen LogP contribution in [0.5, 0.6) is 0 Å². The Morgan fingerprint density at radius 2 is 1.22 bits per heavy atom. The number of sulfone groups is 1. The number of sulfonamides is 1. The van der Waals surface area contributed by atoms with E-state index in [-0.39, 0.29) is 100 Å². The van der Waals surface area contributed by atoms with Crippen LogP contribution >= 0.6 is 57.5 Å². The Morgan fingerprint density at radius 3 is 1.66 bits per heavy atom. The first-order valence-corrected chi connectivity index (χ1v) is 37.7. The molecule has 0 bridgehead atoms. The number of halogens is 11. The molecule has 0 atom stereocenters. The minimum absolute atomic E-state index is 0.00382. The summed E-state index contributed by atoms with van der Waals surface area (Å²) in [6.07, 6.45) is -9.25. The summed E-state index contributed by atoms with van der Waals surface area (Å²) in [6.45, 7) is 29.7. The van der Waals surface area contributed by atoms with Crippen LogP contribution in [0, 0.1) is 18.6 Å². The van der Waals surface area contributed by atoms with Gasteiger partial charge in [-0.3, -0.25) is 9.59 Å². The van der Waals surface area contributed by atoms with Gasteiger partial charge in [0, 0.05) is 22.4 Å². The number of aromatic nitrogens is 3. The molecule has 0 unspecified atom stereocenters. The van der Waals surface area contributed by atoms with Crippen LogP contribution in [0.4, 0.5) is 40.8 Å². The van der Waals surface area contributed by atoms with E-state index in [1.165, 1.54) is 51.1 Å². The predicted molar refractivity (Wildman–Crippen MR) is 352 cm³/mol. The van der Waals surface area contributed by atoms with Crippen molar-refractivity contribution >= 4 is 103 Å². The van der Waals surface area contributed by atoms with Crippen molar-refractivity contribution in [3.05, 3.63) is 127 Å². The van der Waals surface area contributed by atoms with E-state index >= 15 is 8.78 Å². The number of anilines is 1. The Bertz CT molecular complexity index is 3910. The highest BCUT2D eigenvalue weighted by atomic mass is 35.6. The third kappa shape index (κ3) is 21.6. The van der Waals surface area contributed by atoms with Gasteiger partial charge >= 0.3 is 18.3 Å². The van der Waals surface area contributed by atoms with E-state index in [2.05, 4.69) is 54.1 Å². The van der Waals surface area contributed by atoms with Crippen LogP contribution in [-0.2, 0) is 81.6 Å². The van der Waals surface area contributed by atoms with Crippen molar-refractivity contribution in [1.82, 2.24) is 15.0 Å². The van der Waals surface area contributed by atoms with E-state index in [0.717, 1.165) is 46.9 Å². The second kappa shape index (κ2) is 30.4. The number of rotatable bonds is 19. The van der Waals surface area contributed by atoms with Crippen molar-refractivity contribution in [1.29, 1.82) is 0 Å². The van der Waals surface area contributed by atoms with E-state index < -0.39 is 108 Å². The van der Waals surface area contributed by atoms with Crippen molar-refractivity contribution in [3.63, 3.8) is 0 Å². The average Bonchev–Trinajstić information content (AvgIpc) is 1.49. The molecule has 1 amide bonds. The summed E-state index contributed by atoms with van der Waals surface area (Å²) in [4.78, 5) is 38.1. The number of nitrogens with one attached hydrogen (secondary N) is 1. The second-order valence-electron chi connectivity index (χ2n) is 25.3. The highest BCUT2D eigenvalue weighted by molar-refractivity contribution is 7.94. The van der Waals surface area contributed by atoms with Gasteiger partial charge in [-0.2, -0.15) is 26.3 Å². The second-order valence-corrected chi connectivity index (χ2v) is 38.6. The number of primary sulfonamides is 1. The molecule has 3 aromatic heterocycles. The molecule has 31 heteroatoms. The molecule has 0 radical (unpaired) electrons. The smallest absolute Gasteiger partial charge is 0.416 e. The number of alkyl halides is 9. The molecule has 5 N–H and O–H groups in total. The van der Waals surface area contributed by atoms with Crippen molar-refractivity contribution < 1.29 is 80.9 Å². The summed E-state index contributed by atoms with van der Waals surface area (Å²) in [5, 5.41) is 28.6. The van der Waals surface area contributed by atoms with Crippen LogP contribution in [0.25, 0.3) is 22.4 Å². The summed E-state index contributed by atoms with van der Waals surface area (Å²) >= 11 is 18.5. The van der Waals surface area contributed by atoms with Crippen LogP contribution in [-0.4, -0.2) is 78.3 Å². The van der Waals surface area contributed by atoms with Gasteiger partial charge in [-0.15, -0.1) is 22.7 Å². The number of pyridine rings is 1. The van der Waals surface area contributed by atoms with Gasteiger partial charge in [-0.1, -0.05) is 128 Å². The summed E-state index contributed by atoms with van der Waals surface area (Å²) < 4.78 is 169. The number of thiazole rings is 2. The third-order valence-corrected chi connectivity index (χ3v) is 25.8. The Balaban J connectivity index is 0.000000309. The zero-order valence-corrected chi connectivity index (χ0v) is 60.9. The zero-order chi connectivity index (χ0) is 71.5. The number of aliphatic hydroxyl groups is 2. The summed E-state index contributed by atoms with van der Waals surface area (Å²) in [5.74, 6) is -5.15. The first-order chi connectivity index (χ1) is 42.0. The maximum Gasteiger partial charge on any atom is 0.416 e. The number of carbonyl (C=O) groups is 2. The number of amides is 1. The maximum atomic E-state index is 15.6. The monoisotopic (exact) mass is 1470 g/mol. The molecule has 0 aliphatic heterocycles. The van der Waals surface area contributed by atoms with Gasteiger partial charge in [0.1, 0.15) is 49.3 Å². The van der Waals surface area contributed by atoms with Gasteiger partial charge in [0.05, 0.1) is 41.2 Å². The fourth-order valence-electron chi connectivity index (χ4n) is 8.66. The minimum atomic E-state index is -4.61.